The Morgan fingerprint density at radius 3 is 2.74 bits per heavy atom. The van der Waals surface area contributed by atoms with E-state index in [1.807, 2.05) is 6.92 Å². The van der Waals surface area contributed by atoms with Crippen molar-refractivity contribution in [2.24, 2.45) is 0 Å². The standard InChI is InChI=1S/C12H20N4O2S/c1-2-16(11-5-6-11)19(17,18)12-9(8-14-15-12)7-13-10-3-4-10/h8,10-11,13H,2-7H2,1H3,(H,14,15). The first kappa shape index (κ1) is 13.1. The van der Waals surface area contributed by atoms with Crippen LogP contribution < -0.4 is 5.32 Å². The van der Waals surface area contributed by atoms with Gasteiger partial charge in [0.25, 0.3) is 10.0 Å². The minimum absolute atomic E-state index is 0.183. The number of nitrogens with zero attached hydrogens (tertiary/aromatic N) is 2. The van der Waals surface area contributed by atoms with Gasteiger partial charge in [0.1, 0.15) is 0 Å². The zero-order valence-corrected chi connectivity index (χ0v) is 11.9. The smallest absolute Gasteiger partial charge is 0.260 e. The minimum Gasteiger partial charge on any atom is -0.310 e. The zero-order valence-electron chi connectivity index (χ0n) is 11.1. The molecular weight excluding hydrogens is 264 g/mol. The van der Waals surface area contributed by atoms with Crippen LogP contribution in [-0.2, 0) is 16.6 Å². The molecule has 0 amide bonds. The van der Waals surface area contributed by atoms with E-state index in [1.54, 1.807) is 10.5 Å². The molecule has 1 aromatic rings. The van der Waals surface area contributed by atoms with Crippen LogP contribution in [0, 0.1) is 0 Å². The highest BCUT2D eigenvalue weighted by atomic mass is 32.2. The van der Waals surface area contributed by atoms with Gasteiger partial charge >= 0.3 is 0 Å². The van der Waals surface area contributed by atoms with Gasteiger partial charge in [-0.25, -0.2) is 8.42 Å². The molecule has 0 bridgehead atoms. The van der Waals surface area contributed by atoms with E-state index >= 15 is 0 Å². The summed E-state index contributed by atoms with van der Waals surface area (Å²) >= 11 is 0. The molecule has 2 saturated carbocycles. The maximum Gasteiger partial charge on any atom is 0.260 e. The first-order chi connectivity index (χ1) is 9.13. The predicted molar refractivity (Wildman–Crippen MR) is 71.0 cm³/mol. The Hall–Kier alpha value is -0.920. The lowest BCUT2D eigenvalue weighted by Crippen LogP contribution is -2.34. The summed E-state index contributed by atoms with van der Waals surface area (Å²) in [5.74, 6) is 0. The summed E-state index contributed by atoms with van der Waals surface area (Å²) in [6, 6.07) is 0.735. The molecule has 0 aromatic carbocycles. The summed E-state index contributed by atoms with van der Waals surface area (Å²) in [5, 5.41) is 10.2. The van der Waals surface area contributed by atoms with Crippen LogP contribution in [0.5, 0.6) is 0 Å². The van der Waals surface area contributed by atoms with E-state index in [0.29, 0.717) is 19.1 Å². The average Bonchev–Trinajstić information content (AvgIpc) is 3.29. The largest absolute Gasteiger partial charge is 0.310 e. The van der Waals surface area contributed by atoms with E-state index in [1.165, 1.54) is 12.8 Å². The van der Waals surface area contributed by atoms with Gasteiger partial charge in [-0.05, 0) is 25.7 Å². The zero-order chi connectivity index (χ0) is 13.5. The quantitative estimate of drug-likeness (QED) is 0.777. The van der Waals surface area contributed by atoms with Crippen LogP contribution in [0.2, 0.25) is 0 Å². The summed E-state index contributed by atoms with van der Waals surface area (Å²) in [5.41, 5.74) is 0.742. The van der Waals surface area contributed by atoms with Gasteiger partial charge in [0.2, 0.25) is 0 Å². The van der Waals surface area contributed by atoms with Gasteiger partial charge in [-0.15, -0.1) is 0 Å². The molecule has 2 aliphatic carbocycles. The Balaban J connectivity index is 1.80. The molecule has 0 unspecified atom stereocenters. The molecule has 7 heteroatoms. The second-order valence-electron chi connectivity index (χ2n) is 5.32. The molecule has 2 fully saturated rings. The van der Waals surface area contributed by atoms with Crippen LogP contribution in [0.1, 0.15) is 38.2 Å². The van der Waals surface area contributed by atoms with Crippen LogP contribution in [0.4, 0.5) is 0 Å². The Labute approximate surface area is 113 Å². The van der Waals surface area contributed by atoms with Crippen molar-refractivity contribution < 1.29 is 8.42 Å². The van der Waals surface area contributed by atoms with Crippen molar-refractivity contribution in [1.82, 2.24) is 19.8 Å². The second-order valence-corrected chi connectivity index (χ2v) is 7.15. The summed E-state index contributed by atoms with van der Waals surface area (Å²) < 4.78 is 26.8. The Bertz CT molecular complexity index is 546. The molecule has 2 aliphatic rings. The minimum atomic E-state index is -3.43. The van der Waals surface area contributed by atoms with Crippen molar-refractivity contribution in [2.75, 3.05) is 6.54 Å². The molecule has 3 rings (SSSR count). The van der Waals surface area contributed by atoms with Crippen LogP contribution >= 0.6 is 0 Å². The fourth-order valence-electron chi connectivity index (χ4n) is 2.29. The first-order valence-corrected chi connectivity index (χ1v) is 8.34. The summed E-state index contributed by atoms with van der Waals surface area (Å²) in [6.07, 6.45) is 5.92. The molecule has 1 aromatic heterocycles. The highest BCUT2D eigenvalue weighted by Crippen LogP contribution is 2.32. The molecule has 0 radical (unpaired) electrons. The molecule has 0 aliphatic heterocycles. The number of sulfonamides is 1. The van der Waals surface area contributed by atoms with Gasteiger partial charge in [0.05, 0.1) is 6.20 Å². The fourth-order valence-corrected chi connectivity index (χ4v) is 4.10. The maximum absolute atomic E-state index is 12.6. The first-order valence-electron chi connectivity index (χ1n) is 6.90. The molecule has 0 atom stereocenters. The number of nitrogens with one attached hydrogen (secondary N) is 2. The number of H-pyrrole nitrogens is 1. The van der Waals surface area contributed by atoms with Crippen LogP contribution in [0.25, 0.3) is 0 Å². The van der Waals surface area contributed by atoms with E-state index in [0.717, 1.165) is 18.4 Å². The molecule has 2 N–H and O–H groups in total. The Morgan fingerprint density at radius 1 is 1.42 bits per heavy atom. The maximum atomic E-state index is 12.6. The summed E-state index contributed by atoms with van der Waals surface area (Å²) in [6.45, 7) is 2.97. The van der Waals surface area contributed by atoms with Gasteiger partial charge in [0, 0.05) is 30.7 Å². The Morgan fingerprint density at radius 2 is 2.16 bits per heavy atom. The third-order valence-electron chi connectivity index (χ3n) is 3.67. The van der Waals surface area contributed by atoms with Crippen molar-refractivity contribution in [1.29, 1.82) is 0 Å². The second kappa shape index (κ2) is 4.88. The van der Waals surface area contributed by atoms with Crippen molar-refractivity contribution >= 4 is 10.0 Å². The lowest BCUT2D eigenvalue weighted by Gasteiger charge is -2.19. The molecule has 6 nitrogen and oxygen atoms in total. The Kier molecular flexibility index (Phi) is 3.36. The number of aromatic nitrogens is 2. The molecule has 19 heavy (non-hydrogen) atoms. The van der Waals surface area contributed by atoms with E-state index in [9.17, 15) is 8.42 Å². The molecular formula is C12H20N4O2S. The van der Waals surface area contributed by atoms with Gasteiger partial charge in [-0.1, -0.05) is 6.92 Å². The average molecular weight is 284 g/mol. The fraction of sp³-hybridized carbons (Fsp3) is 0.750. The van der Waals surface area contributed by atoms with E-state index in [-0.39, 0.29) is 11.1 Å². The van der Waals surface area contributed by atoms with Crippen molar-refractivity contribution in [2.45, 2.75) is 56.3 Å². The van der Waals surface area contributed by atoms with Gasteiger partial charge in [-0.3, -0.25) is 5.10 Å². The normalized spacial score (nSPS) is 20.1. The molecule has 106 valence electrons. The van der Waals surface area contributed by atoms with E-state index in [4.69, 9.17) is 0 Å². The highest BCUT2D eigenvalue weighted by Gasteiger charge is 2.38. The van der Waals surface area contributed by atoms with Crippen LogP contribution in [0.3, 0.4) is 0 Å². The van der Waals surface area contributed by atoms with Crippen LogP contribution in [0.15, 0.2) is 11.2 Å². The lowest BCUT2D eigenvalue weighted by atomic mass is 10.3. The lowest BCUT2D eigenvalue weighted by molar-refractivity contribution is 0.417. The number of rotatable bonds is 7. The summed E-state index contributed by atoms with van der Waals surface area (Å²) in [4.78, 5) is 0. The van der Waals surface area contributed by atoms with Crippen LogP contribution in [-0.4, -0.2) is 41.5 Å². The van der Waals surface area contributed by atoms with Gasteiger partial charge < -0.3 is 5.32 Å². The van der Waals surface area contributed by atoms with E-state index < -0.39 is 10.0 Å². The topological polar surface area (TPSA) is 78.1 Å². The summed E-state index contributed by atoms with van der Waals surface area (Å²) in [7, 11) is -3.43. The third kappa shape index (κ3) is 2.68. The number of hydrogen-bond acceptors (Lipinski definition) is 4. The SMILES string of the molecule is CCN(C1CC1)S(=O)(=O)c1[nH]ncc1CNC1CC1. The number of aromatic amines is 1. The molecule has 0 saturated heterocycles. The van der Waals surface area contributed by atoms with Crippen molar-refractivity contribution in [3.05, 3.63) is 11.8 Å². The molecule has 0 spiro atoms. The van der Waals surface area contributed by atoms with E-state index in [2.05, 4.69) is 15.5 Å². The van der Waals surface area contributed by atoms with Crippen molar-refractivity contribution in [3.8, 4) is 0 Å². The third-order valence-corrected chi connectivity index (χ3v) is 5.71. The highest BCUT2D eigenvalue weighted by molar-refractivity contribution is 7.89. The van der Waals surface area contributed by atoms with Gasteiger partial charge in [0.15, 0.2) is 5.03 Å². The number of hydrogen-bond donors (Lipinski definition) is 2. The molecule has 1 heterocycles. The predicted octanol–water partition coefficient (Wildman–Crippen LogP) is 0.835. The monoisotopic (exact) mass is 284 g/mol. The van der Waals surface area contributed by atoms with Crippen molar-refractivity contribution in [3.63, 3.8) is 0 Å². The van der Waals surface area contributed by atoms with Gasteiger partial charge in [-0.2, -0.15) is 9.40 Å².